The molecule has 1 rings (SSSR count). The van der Waals surface area contributed by atoms with Gasteiger partial charge in [-0.3, -0.25) is 0 Å². The number of aromatic nitrogens is 1. The zero-order valence-corrected chi connectivity index (χ0v) is 12.8. The first-order valence-corrected chi connectivity index (χ1v) is 8.63. The summed E-state index contributed by atoms with van der Waals surface area (Å²) in [6.07, 6.45) is 1.92. The highest BCUT2D eigenvalue weighted by Gasteiger charge is 2.26. The van der Waals surface area contributed by atoms with E-state index in [4.69, 9.17) is 5.73 Å². The molecule has 0 spiro atoms. The highest BCUT2D eigenvalue weighted by molar-refractivity contribution is 7.91. The Bertz CT molecular complexity index is 476. The topological polar surface area (TPSA) is 76.3 Å². The standard InChI is InChI=1S/C11H21N3O2S2/c1-4-7-14(8-5-2)11-9(10(12)13-17-11)18(15,16)6-3/h4-8H2,1-3H3,(H2,12,13). The second kappa shape index (κ2) is 6.38. The summed E-state index contributed by atoms with van der Waals surface area (Å²) >= 11 is 1.18. The van der Waals surface area contributed by atoms with Crippen molar-refractivity contribution in [1.82, 2.24) is 4.37 Å². The molecule has 0 bridgehead atoms. The summed E-state index contributed by atoms with van der Waals surface area (Å²) < 4.78 is 28.2. The molecule has 1 aromatic rings. The summed E-state index contributed by atoms with van der Waals surface area (Å²) in [7, 11) is -3.32. The molecule has 7 heteroatoms. The van der Waals surface area contributed by atoms with E-state index >= 15 is 0 Å². The van der Waals surface area contributed by atoms with Crippen LogP contribution in [0.15, 0.2) is 4.90 Å². The second-order valence-corrected chi connectivity index (χ2v) is 7.06. The van der Waals surface area contributed by atoms with E-state index in [2.05, 4.69) is 23.1 Å². The number of nitrogens with zero attached hydrogens (tertiary/aromatic N) is 2. The normalized spacial score (nSPS) is 11.7. The fraction of sp³-hybridized carbons (Fsp3) is 0.727. The Morgan fingerprint density at radius 2 is 1.78 bits per heavy atom. The highest BCUT2D eigenvalue weighted by Crippen LogP contribution is 2.35. The van der Waals surface area contributed by atoms with Crippen molar-refractivity contribution in [2.75, 3.05) is 29.5 Å². The van der Waals surface area contributed by atoms with Crippen LogP contribution in [0.2, 0.25) is 0 Å². The number of hydrogen-bond donors (Lipinski definition) is 1. The van der Waals surface area contributed by atoms with Gasteiger partial charge in [-0.1, -0.05) is 20.8 Å². The number of anilines is 2. The number of nitrogens with two attached hydrogens (primary N) is 1. The molecular weight excluding hydrogens is 270 g/mol. The zero-order chi connectivity index (χ0) is 13.8. The lowest BCUT2D eigenvalue weighted by Gasteiger charge is -2.22. The van der Waals surface area contributed by atoms with Gasteiger partial charge >= 0.3 is 0 Å². The van der Waals surface area contributed by atoms with E-state index in [0.29, 0.717) is 5.00 Å². The van der Waals surface area contributed by atoms with E-state index in [9.17, 15) is 8.42 Å². The van der Waals surface area contributed by atoms with Gasteiger partial charge in [-0.25, -0.2) is 8.42 Å². The SMILES string of the molecule is CCCN(CCC)c1snc(N)c1S(=O)(=O)CC. The Hall–Kier alpha value is -0.820. The van der Waals surface area contributed by atoms with Gasteiger partial charge in [-0.15, -0.1) is 0 Å². The fourth-order valence-electron chi connectivity index (χ4n) is 1.78. The molecule has 0 aliphatic rings. The lowest BCUT2D eigenvalue weighted by molar-refractivity contribution is 0.597. The average Bonchev–Trinajstić information content (AvgIpc) is 2.71. The smallest absolute Gasteiger partial charge is 0.184 e. The van der Waals surface area contributed by atoms with E-state index in [1.165, 1.54) is 11.5 Å². The Labute approximate surface area is 113 Å². The Morgan fingerprint density at radius 1 is 1.22 bits per heavy atom. The first-order chi connectivity index (χ1) is 8.47. The number of sulfone groups is 1. The number of hydrogen-bond acceptors (Lipinski definition) is 6. The molecule has 1 aromatic heterocycles. The Morgan fingerprint density at radius 3 is 2.22 bits per heavy atom. The summed E-state index contributed by atoms with van der Waals surface area (Å²) in [6.45, 7) is 7.41. The van der Waals surface area contributed by atoms with Crippen molar-refractivity contribution in [3.63, 3.8) is 0 Å². The van der Waals surface area contributed by atoms with Crippen molar-refractivity contribution in [3.8, 4) is 0 Å². The van der Waals surface area contributed by atoms with Crippen LogP contribution in [0.4, 0.5) is 10.8 Å². The van der Waals surface area contributed by atoms with Crippen molar-refractivity contribution in [2.24, 2.45) is 0 Å². The summed E-state index contributed by atoms with van der Waals surface area (Å²) in [5.74, 6) is 0.184. The zero-order valence-electron chi connectivity index (χ0n) is 11.1. The molecule has 1 heterocycles. The molecule has 0 unspecified atom stereocenters. The minimum atomic E-state index is -3.32. The maximum atomic E-state index is 12.1. The van der Waals surface area contributed by atoms with Gasteiger partial charge in [0.1, 0.15) is 9.90 Å². The lowest BCUT2D eigenvalue weighted by atomic mass is 10.3. The molecule has 0 amide bonds. The van der Waals surface area contributed by atoms with Crippen LogP contribution in [0.25, 0.3) is 0 Å². The molecule has 18 heavy (non-hydrogen) atoms. The molecule has 0 aliphatic heterocycles. The lowest BCUT2D eigenvalue weighted by Crippen LogP contribution is -2.25. The molecule has 2 N–H and O–H groups in total. The third-order valence-corrected chi connectivity index (χ3v) is 5.46. The van der Waals surface area contributed by atoms with E-state index in [-0.39, 0.29) is 16.5 Å². The molecule has 0 aromatic carbocycles. The first-order valence-electron chi connectivity index (χ1n) is 6.20. The summed E-state index contributed by atoms with van der Waals surface area (Å²) in [6, 6.07) is 0. The molecule has 0 fully saturated rings. The van der Waals surface area contributed by atoms with Gasteiger partial charge in [0.25, 0.3) is 0 Å². The maximum absolute atomic E-state index is 12.1. The van der Waals surface area contributed by atoms with Gasteiger partial charge in [-0.05, 0) is 24.4 Å². The Kier molecular flexibility index (Phi) is 5.40. The van der Waals surface area contributed by atoms with Crippen LogP contribution in [-0.4, -0.2) is 31.6 Å². The van der Waals surface area contributed by atoms with Crippen LogP contribution < -0.4 is 10.6 Å². The highest BCUT2D eigenvalue weighted by atomic mass is 32.2. The third kappa shape index (κ3) is 3.14. The van der Waals surface area contributed by atoms with Crippen molar-refractivity contribution in [3.05, 3.63) is 0 Å². The predicted octanol–water partition coefficient (Wildman–Crippen LogP) is 2.15. The molecule has 0 saturated carbocycles. The number of nitrogen functional groups attached to an aromatic ring is 1. The summed E-state index contributed by atoms with van der Waals surface area (Å²) in [5, 5.41) is 0.693. The Balaban J connectivity index is 3.24. The molecule has 0 atom stereocenters. The fourth-order valence-corrected chi connectivity index (χ4v) is 4.14. The van der Waals surface area contributed by atoms with Crippen LogP contribution in [-0.2, 0) is 9.84 Å². The minimum Gasteiger partial charge on any atom is -0.382 e. The van der Waals surface area contributed by atoms with Crippen LogP contribution in [0.3, 0.4) is 0 Å². The van der Waals surface area contributed by atoms with Gasteiger partial charge < -0.3 is 10.6 Å². The van der Waals surface area contributed by atoms with E-state index in [0.717, 1.165) is 25.9 Å². The molecular formula is C11H21N3O2S2. The molecule has 5 nitrogen and oxygen atoms in total. The number of rotatable bonds is 7. The van der Waals surface area contributed by atoms with Crippen molar-refractivity contribution in [2.45, 2.75) is 38.5 Å². The monoisotopic (exact) mass is 291 g/mol. The van der Waals surface area contributed by atoms with Crippen LogP contribution in [0.5, 0.6) is 0 Å². The summed E-state index contributed by atoms with van der Waals surface area (Å²) in [5.41, 5.74) is 5.73. The molecule has 104 valence electrons. The van der Waals surface area contributed by atoms with Gasteiger partial charge in [0.15, 0.2) is 15.7 Å². The molecule has 0 saturated heterocycles. The van der Waals surface area contributed by atoms with Crippen LogP contribution >= 0.6 is 11.5 Å². The molecule has 0 aliphatic carbocycles. The first kappa shape index (κ1) is 15.2. The van der Waals surface area contributed by atoms with Crippen LogP contribution in [0.1, 0.15) is 33.6 Å². The third-order valence-electron chi connectivity index (χ3n) is 2.62. The van der Waals surface area contributed by atoms with Gasteiger partial charge in [0, 0.05) is 13.1 Å². The second-order valence-electron chi connectivity index (χ2n) is 4.09. The minimum absolute atomic E-state index is 0.0503. The molecule has 0 radical (unpaired) electrons. The largest absolute Gasteiger partial charge is 0.382 e. The predicted molar refractivity (Wildman–Crippen MR) is 77.0 cm³/mol. The average molecular weight is 291 g/mol. The quantitative estimate of drug-likeness (QED) is 0.833. The van der Waals surface area contributed by atoms with Gasteiger partial charge in [-0.2, -0.15) is 4.37 Å². The van der Waals surface area contributed by atoms with E-state index in [1.807, 2.05) is 0 Å². The maximum Gasteiger partial charge on any atom is 0.184 e. The van der Waals surface area contributed by atoms with Crippen molar-refractivity contribution < 1.29 is 8.42 Å². The van der Waals surface area contributed by atoms with Gasteiger partial charge in [0.05, 0.1) is 5.75 Å². The van der Waals surface area contributed by atoms with E-state index < -0.39 is 9.84 Å². The van der Waals surface area contributed by atoms with E-state index in [1.54, 1.807) is 6.92 Å². The van der Waals surface area contributed by atoms with Gasteiger partial charge in [0.2, 0.25) is 0 Å². The van der Waals surface area contributed by atoms with Crippen molar-refractivity contribution in [1.29, 1.82) is 0 Å². The van der Waals surface area contributed by atoms with Crippen LogP contribution in [0, 0.1) is 0 Å². The van der Waals surface area contributed by atoms with Crippen molar-refractivity contribution >= 4 is 32.2 Å². The summed E-state index contributed by atoms with van der Waals surface area (Å²) in [4.78, 5) is 2.29.